The van der Waals surface area contributed by atoms with Gasteiger partial charge in [0.05, 0.1) is 0 Å². The molecule has 0 atom stereocenters. The second-order valence-electron chi connectivity index (χ2n) is 2.95. The highest BCUT2D eigenvalue weighted by Crippen LogP contribution is 2.09. The maximum atomic E-state index is 5.23. The first kappa shape index (κ1) is 7.82. The molecule has 0 amide bonds. The van der Waals surface area contributed by atoms with Gasteiger partial charge >= 0.3 is 0 Å². The minimum absolute atomic E-state index is 0.630. The molecule has 1 aromatic heterocycles. The van der Waals surface area contributed by atoms with Gasteiger partial charge in [0.1, 0.15) is 0 Å². The van der Waals surface area contributed by atoms with E-state index in [4.69, 9.17) is 6.42 Å². The highest BCUT2D eigenvalue weighted by Gasteiger charge is 1.99. The van der Waals surface area contributed by atoms with Crippen molar-refractivity contribution in [3.8, 4) is 12.3 Å². The van der Waals surface area contributed by atoms with E-state index in [9.17, 15) is 0 Å². The lowest BCUT2D eigenvalue weighted by atomic mass is 10.2. The van der Waals surface area contributed by atoms with Crippen molar-refractivity contribution in [3.05, 3.63) is 42.7 Å². The topological polar surface area (TPSA) is 3.88 Å². The van der Waals surface area contributed by atoms with Crippen molar-refractivity contribution in [2.75, 3.05) is 0 Å². The Bertz CT molecular complexity index is 466. The van der Waals surface area contributed by atoms with Crippen LogP contribution in [0.1, 0.15) is 0 Å². The maximum absolute atomic E-state index is 5.23. The van der Waals surface area contributed by atoms with Gasteiger partial charge in [-0.2, -0.15) is 4.57 Å². The second-order valence-corrected chi connectivity index (χ2v) is 2.95. The maximum Gasteiger partial charge on any atom is 0.208 e. The first-order valence-electron chi connectivity index (χ1n) is 4.21. The Hall–Kier alpha value is -1.81. The fourth-order valence-electron chi connectivity index (χ4n) is 1.38. The Balaban J connectivity index is 2.57. The van der Waals surface area contributed by atoms with Gasteiger partial charge in [-0.1, -0.05) is 18.2 Å². The molecular formula is C12H10N+. The van der Waals surface area contributed by atoms with Crippen LogP contribution >= 0.6 is 0 Å². The predicted molar refractivity (Wildman–Crippen MR) is 53.0 cm³/mol. The predicted octanol–water partition coefficient (Wildman–Crippen LogP) is 1.76. The molecule has 62 valence electrons. The molecule has 1 heterocycles. The zero-order valence-electron chi connectivity index (χ0n) is 7.27. The van der Waals surface area contributed by atoms with E-state index in [1.165, 1.54) is 10.8 Å². The molecule has 0 aliphatic carbocycles. The summed E-state index contributed by atoms with van der Waals surface area (Å²) in [6.07, 6.45) is 9.30. The van der Waals surface area contributed by atoms with Gasteiger partial charge < -0.3 is 0 Å². The molecular weight excluding hydrogens is 158 g/mol. The third-order valence-corrected chi connectivity index (χ3v) is 2.02. The molecule has 1 heteroatoms. The van der Waals surface area contributed by atoms with E-state index in [1.54, 1.807) is 0 Å². The van der Waals surface area contributed by atoms with E-state index in [0.717, 1.165) is 0 Å². The van der Waals surface area contributed by atoms with Crippen LogP contribution < -0.4 is 4.57 Å². The van der Waals surface area contributed by atoms with Crippen LogP contribution in [0.4, 0.5) is 0 Å². The number of pyridine rings is 1. The number of hydrogen-bond donors (Lipinski definition) is 0. The van der Waals surface area contributed by atoms with Crippen molar-refractivity contribution in [2.24, 2.45) is 0 Å². The molecule has 0 aliphatic heterocycles. The molecule has 0 fully saturated rings. The summed E-state index contributed by atoms with van der Waals surface area (Å²) in [6.45, 7) is 0.630. The van der Waals surface area contributed by atoms with Crippen LogP contribution in [-0.4, -0.2) is 0 Å². The first-order chi connectivity index (χ1) is 6.40. The minimum Gasteiger partial charge on any atom is -0.193 e. The SMILES string of the molecule is C#CC[n+]1ccc2ccccc2c1. The number of benzene rings is 1. The van der Waals surface area contributed by atoms with Gasteiger partial charge in [-0.25, -0.2) is 0 Å². The van der Waals surface area contributed by atoms with Gasteiger partial charge in [-0.3, -0.25) is 0 Å². The molecule has 0 spiro atoms. The summed E-state index contributed by atoms with van der Waals surface area (Å²) < 4.78 is 2.00. The summed E-state index contributed by atoms with van der Waals surface area (Å²) in [5.74, 6) is 2.61. The van der Waals surface area contributed by atoms with Gasteiger partial charge in [0.2, 0.25) is 6.54 Å². The molecule has 0 bridgehead atoms. The second kappa shape index (κ2) is 3.28. The zero-order chi connectivity index (χ0) is 9.10. The van der Waals surface area contributed by atoms with Gasteiger partial charge in [-0.05, 0) is 17.4 Å². The monoisotopic (exact) mass is 168 g/mol. The molecule has 0 radical (unpaired) electrons. The summed E-state index contributed by atoms with van der Waals surface area (Å²) in [5, 5.41) is 2.47. The van der Waals surface area contributed by atoms with Crippen molar-refractivity contribution < 1.29 is 4.57 Å². The van der Waals surface area contributed by atoms with Crippen LogP contribution in [0.3, 0.4) is 0 Å². The lowest BCUT2D eigenvalue weighted by molar-refractivity contribution is -0.683. The first-order valence-corrected chi connectivity index (χ1v) is 4.21. The molecule has 1 aromatic carbocycles. The van der Waals surface area contributed by atoms with Crippen LogP contribution in [0, 0.1) is 12.3 Å². The Morgan fingerprint density at radius 3 is 2.69 bits per heavy atom. The van der Waals surface area contributed by atoms with Crippen LogP contribution in [0.5, 0.6) is 0 Å². The molecule has 0 saturated carbocycles. The van der Waals surface area contributed by atoms with Crippen molar-refractivity contribution >= 4 is 10.8 Å². The van der Waals surface area contributed by atoms with E-state index < -0.39 is 0 Å². The Morgan fingerprint density at radius 2 is 1.92 bits per heavy atom. The minimum atomic E-state index is 0.630. The van der Waals surface area contributed by atoms with E-state index >= 15 is 0 Å². The van der Waals surface area contributed by atoms with Crippen molar-refractivity contribution in [2.45, 2.75) is 6.54 Å². The number of rotatable bonds is 1. The molecule has 0 unspecified atom stereocenters. The lowest BCUT2D eigenvalue weighted by Gasteiger charge is -1.94. The van der Waals surface area contributed by atoms with Crippen molar-refractivity contribution in [3.63, 3.8) is 0 Å². The summed E-state index contributed by atoms with van der Waals surface area (Å²) in [5.41, 5.74) is 0. The summed E-state index contributed by atoms with van der Waals surface area (Å²) in [6, 6.07) is 10.3. The number of terminal acetylenes is 1. The Morgan fingerprint density at radius 1 is 1.15 bits per heavy atom. The third-order valence-electron chi connectivity index (χ3n) is 2.02. The summed E-state index contributed by atoms with van der Waals surface area (Å²) in [4.78, 5) is 0. The lowest BCUT2D eigenvalue weighted by Crippen LogP contribution is -2.31. The van der Waals surface area contributed by atoms with E-state index in [1.807, 2.05) is 22.9 Å². The summed E-state index contributed by atoms with van der Waals surface area (Å²) in [7, 11) is 0. The van der Waals surface area contributed by atoms with Crippen LogP contribution in [0.15, 0.2) is 42.7 Å². The molecule has 0 saturated heterocycles. The molecule has 1 nitrogen and oxygen atoms in total. The summed E-state index contributed by atoms with van der Waals surface area (Å²) >= 11 is 0. The molecule has 13 heavy (non-hydrogen) atoms. The normalized spacial score (nSPS) is 9.77. The average Bonchev–Trinajstić information content (AvgIpc) is 2.18. The van der Waals surface area contributed by atoms with Gasteiger partial charge in [-0.15, -0.1) is 6.42 Å². The van der Waals surface area contributed by atoms with Crippen LogP contribution in [0.2, 0.25) is 0 Å². The number of aromatic nitrogens is 1. The van der Waals surface area contributed by atoms with Gasteiger partial charge in [0.15, 0.2) is 12.4 Å². The fraction of sp³-hybridized carbons (Fsp3) is 0.0833. The number of fused-ring (bicyclic) bond motifs is 1. The Kier molecular flexibility index (Phi) is 1.97. The Labute approximate surface area is 77.6 Å². The van der Waals surface area contributed by atoms with E-state index in [0.29, 0.717) is 6.54 Å². The molecule has 0 aliphatic rings. The van der Waals surface area contributed by atoms with Crippen LogP contribution in [-0.2, 0) is 6.54 Å². The third kappa shape index (κ3) is 1.52. The average molecular weight is 168 g/mol. The zero-order valence-corrected chi connectivity index (χ0v) is 7.27. The number of hydrogen-bond acceptors (Lipinski definition) is 0. The van der Waals surface area contributed by atoms with E-state index in [2.05, 4.69) is 30.3 Å². The standard InChI is InChI=1S/C12H10N/c1-2-8-13-9-7-11-5-3-4-6-12(11)10-13/h1,3-7,9-10H,8H2/q+1. The van der Waals surface area contributed by atoms with Gasteiger partial charge in [0.25, 0.3) is 0 Å². The van der Waals surface area contributed by atoms with E-state index in [-0.39, 0.29) is 0 Å². The van der Waals surface area contributed by atoms with Crippen molar-refractivity contribution in [1.82, 2.24) is 0 Å². The molecule has 2 rings (SSSR count). The molecule has 2 aromatic rings. The highest BCUT2D eigenvalue weighted by molar-refractivity contribution is 5.80. The quantitative estimate of drug-likeness (QED) is 0.451. The molecule has 0 N–H and O–H groups in total. The largest absolute Gasteiger partial charge is 0.208 e. The van der Waals surface area contributed by atoms with Gasteiger partial charge in [0, 0.05) is 11.5 Å². The smallest absolute Gasteiger partial charge is 0.193 e. The number of nitrogens with zero attached hydrogens (tertiary/aromatic N) is 1. The van der Waals surface area contributed by atoms with Crippen LogP contribution in [0.25, 0.3) is 10.8 Å². The fourth-order valence-corrected chi connectivity index (χ4v) is 1.38. The highest BCUT2D eigenvalue weighted by atomic mass is 14.9. The van der Waals surface area contributed by atoms with Crippen molar-refractivity contribution in [1.29, 1.82) is 0 Å².